The number of fused-ring (bicyclic) bond motifs is 1. The van der Waals surface area contributed by atoms with Gasteiger partial charge >= 0.3 is 0 Å². The van der Waals surface area contributed by atoms with Crippen LogP contribution in [-0.2, 0) is 19.5 Å². The maximum atomic E-state index is 12.5. The smallest absolute Gasteiger partial charge is 0.255 e. The lowest BCUT2D eigenvalue weighted by molar-refractivity contribution is 0.241. The molecule has 0 atom stereocenters. The summed E-state index contributed by atoms with van der Waals surface area (Å²) in [7, 11) is 0. The van der Waals surface area contributed by atoms with Crippen LogP contribution < -0.4 is 5.56 Å². The van der Waals surface area contributed by atoms with E-state index < -0.39 is 0 Å². The van der Waals surface area contributed by atoms with Crippen molar-refractivity contribution in [3.8, 4) is 11.4 Å². The average molecular weight is 320 g/mol. The number of aromatic nitrogens is 5. The summed E-state index contributed by atoms with van der Waals surface area (Å²) in [6, 6.07) is 3.72. The van der Waals surface area contributed by atoms with Gasteiger partial charge in [-0.3, -0.25) is 14.7 Å². The molecule has 7 heteroatoms. The Morgan fingerprint density at radius 1 is 1.17 bits per heavy atom. The number of hydrogen-bond donors (Lipinski definition) is 1. The highest BCUT2D eigenvalue weighted by Gasteiger charge is 2.21. The second-order valence-corrected chi connectivity index (χ2v) is 5.79. The zero-order chi connectivity index (χ0) is 16.4. The lowest BCUT2D eigenvalue weighted by atomic mass is 10.1. The predicted octanol–water partition coefficient (Wildman–Crippen LogP) is 1.18. The van der Waals surface area contributed by atoms with E-state index in [1.807, 2.05) is 12.1 Å². The second-order valence-electron chi connectivity index (χ2n) is 5.79. The fraction of sp³-hybridized carbons (Fsp3) is 0.235. The molecule has 3 aromatic rings. The summed E-state index contributed by atoms with van der Waals surface area (Å²) in [4.78, 5) is 34.4. The van der Waals surface area contributed by atoms with Crippen LogP contribution in [-0.4, -0.2) is 36.4 Å². The minimum absolute atomic E-state index is 0.0761. The van der Waals surface area contributed by atoms with Gasteiger partial charge in [0.25, 0.3) is 5.56 Å². The van der Waals surface area contributed by atoms with Gasteiger partial charge in [-0.1, -0.05) is 0 Å². The molecule has 0 radical (unpaired) electrons. The number of pyridine rings is 1. The van der Waals surface area contributed by atoms with E-state index in [0.29, 0.717) is 12.4 Å². The summed E-state index contributed by atoms with van der Waals surface area (Å²) in [5.41, 5.74) is 3.40. The van der Waals surface area contributed by atoms with E-state index in [-0.39, 0.29) is 5.56 Å². The molecule has 4 heterocycles. The molecule has 0 unspecified atom stereocenters. The van der Waals surface area contributed by atoms with Crippen LogP contribution in [0.5, 0.6) is 0 Å². The molecule has 0 amide bonds. The first-order chi connectivity index (χ1) is 11.8. The van der Waals surface area contributed by atoms with Gasteiger partial charge in [0.2, 0.25) is 0 Å². The Morgan fingerprint density at radius 2 is 2.04 bits per heavy atom. The molecule has 1 N–H and O–H groups in total. The lowest BCUT2D eigenvalue weighted by Crippen LogP contribution is -2.35. The number of nitrogens with zero attached hydrogens (tertiary/aromatic N) is 5. The van der Waals surface area contributed by atoms with E-state index in [2.05, 4.69) is 29.8 Å². The summed E-state index contributed by atoms with van der Waals surface area (Å²) in [5, 5.41) is 0. The molecule has 0 aliphatic carbocycles. The van der Waals surface area contributed by atoms with Crippen LogP contribution in [0.3, 0.4) is 0 Å². The molecule has 0 saturated heterocycles. The second kappa shape index (κ2) is 6.29. The Hall–Kier alpha value is -2.93. The lowest BCUT2D eigenvalue weighted by Gasteiger charge is -2.27. The summed E-state index contributed by atoms with van der Waals surface area (Å²) in [6.07, 6.45) is 9.27. The summed E-state index contributed by atoms with van der Waals surface area (Å²) >= 11 is 0. The van der Waals surface area contributed by atoms with Gasteiger partial charge in [0.1, 0.15) is 12.2 Å². The third kappa shape index (κ3) is 2.93. The topological polar surface area (TPSA) is 87.7 Å². The number of hydrogen-bond acceptors (Lipinski definition) is 6. The van der Waals surface area contributed by atoms with Gasteiger partial charge < -0.3 is 4.98 Å². The highest BCUT2D eigenvalue weighted by atomic mass is 16.1. The van der Waals surface area contributed by atoms with E-state index in [4.69, 9.17) is 0 Å². The van der Waals surface area contributed by atoms with Crippen molar-refractivity contribution in [2.75, 3.05) is 6.54 Å². The number of aromatic amines is 1. The van der Waals surface area contributed by atoms with Crippen LogP contribution in [0.1, 0.15) is 16.8 Å². The Bertz CT molecular complexity index is 894. The molecule has 0 bridgehead atoms. The van der Waals surface area contributed by atoms with Crippen molar-refractivity contribution in [2.24, 2.45) is 0 Å². The largest absolute Gasteiger partial charge is 0.306 e. The van der Waals surface area contributed by atoms with Gasteiger partial charge in [0.15, 0.2) is 0 Å². The molecule has 120 valence electrons. The highest BCUT2D eigenvalue weighted by molar-refractivity contribution is 5.53. The molecule has 7 nitrogen and oxygen atoms in total. The monoisotopic (exact) mass is 320 g/mol. The Kier molecular flexibility index (Phi) is 3.84. The van der Waals surface area contributed by atoms with Crippen LogP contribution in [0, 0.1) is 0 Å². The Morgan fingerprint density at radius 3 is 2.83 bits per heavy atom. The standard InChI is InChI=1S/C17H16N6O/c24-17-14-10-23(9-12-6-19-11-20-7-12)5-3-15(14)21-16(22-17)13-2-1-4-18-8-13/h1-2,4,6-8,11H,3,5,9-10H2,(H,21,22,24). The normalized spacial score (nSPS) is 14.3. The van der Waals surface area contributed by atoms with Crippen molar-refractivity contribution < 1.29 is 0 Å². The molecule has 4 rings (SSSR count). The predicted molar refractivity (Wildman–Crippen MR) is 87.9 cm³/mol. The van der Waals surface area contributed by atoms with E-state index in [9.17, 15) is 4.79 Å². The molecule has 1 aliphatic rings. The van der Waals surface area contributed by atoms with E-state index in [1.54, 1.807) is 24.8 Å². The van der Waals surface area contributed by atoms with Crippen molar-refractivity contribution in [3.63, 3.8) is 0 Å². The van der Waals surface area contributed by atoms with Gasteiger partial charge in [0, 0.05) is 62.0 Å². The fourth-order valence-corrected chi connectivity index (χ4v) is 2.93. The van der Waals surface area contributed by atoms with Gasteiger partial charge in [-0.2, -0.15) is 0 Å². The third-order valence-corrected chi connectivity index (χ3v) is 4.10. The molecule has 0 spiro atoms. The van der Waals surface area contributed by atoms with Gasteiger partial charge in [0.05, 0.1) is 11.3 Å². The highest BCUT2D eigenvalue weighted by Crippen LogP contribution is 2.19. The Balaban J connectivity index is 1.60. The van der Waals surface area contributed by atoms with E-state index in [0.717, 1.165) is 41.9 Å². The van der Waals surface area contributed by atoms with Crippen LogP contribution in [0.25, 0.3) is 11.4 Å². The molecule has 0 saturated carbocycles. The minimum Gasteiger partial charge on any atom is -0.306 e. The van der Waals surface area contributed by atoms with Crippen molar-refractivity contribution in [1.82, 2.24) is 29.8 Å². The third-order valence-electron chi connectivity index (χ3n) is 4.10. The van der Waals surface area contributed by atoms with Crippen molar-refractivity contribution >= 4 is 0 Å². The molecular formula is C17H16N6O. The molecule has 0 aromatic carbocycles. The maximum Gasteiger partial charge on any atom is 0.255 e. The molecule has 1 aliphatic heterocycles. The van der Waals surface area contributed by atoms with E-state index >= 15 is 0 Å². The van der Waals surface area contributed by atoms with Crippen LogP contribution in [0.15, 0.2) is 48.0 Å². The molecular weight excluding hydrogens is 304 g/mol. The fourth-order valence-electron chi connectivity index (χ4n) is 2.93. The van der Waals surface area contributed by atoms with Gasteiger partial charge in [-0.05, 0) is 12.1 Å². The van der Waals surface area contributed by atoms with Crippen molar-refractivity contribution in [1.29, 1.82) is 0 Å². The van der Waals surface area contributed by atoms with Gasteiger partial charge in [-0.15, -0.1) is 0 Å². The van der Waals surface area contributed by atoms with Crippen molar-refractivity contribution in [2.45, 2.75) is 19.5 Å². The molecule has 24 heavy (non-hydrogen) atoms. The summed E-state index contributed by atoms with van der Waals surface area (Å²) in [5.74, 6) is 0.580. The quantitative estimate of drug-likeness (QED) is 0.780. The first kappa shape index (κ1) is 14.6. The zero-order valence-electron chi connectivity index (χ0n) is 13.0. The zero-order valence-corrected chi connectivity index (χ0v) is 13.0. The maximum absolute atomic E-state index is 12.5. The SMILES string of the molecule is O=c1[nH]c(-c2cccnc2)nc2c1CN(Cc1cncnc1)CC2. The number of nitrogens with one attached hydrogen (secondary N) is 1. The first-order valence-electron chi connectivity index (χ1n) is 7.78. The van der Waals surface area contributed by atoms with Crippen molar-refractivity contribution in [3.05, 3.63) is 70.4 Å². The van der Waals surface area contributed by atoms with Crippen LogP contribution in [0.2, 0.25) is 0 Å². The molecule has 3 aromatic heterocycles. The number of H-pyrrole nitrogens is 1. The minimum atomic E-state index is -0.0761. The molecule has 0 fully saturated rings. The van der Waals surface area contributed by atoms with Crippen LogP contribution in [0.4, 0.5) is 0 Å². The average Bonchev–Trinajstić information content (AvgIpc) is 2.64. The summed E-state index contributed by atoms with van der Waals surface area (Å²) < 4.78 is 0. The number of rotatable bonds is 3. The van der Waals surface area contributed by atoms with Gasteiger partial charge in [-0.25, -0.2) is 15.0 Å². The first-order valence-corrected chi connectivity index (χ1v) is 7.78. The summed E-state index contributed by atoms with van der Waals surface area (Å²) in [6.45, 7) is 2.16. The Labute approximate surface area is 138 Å². The van der Waals surface area contributed by atoms with E-state index in [1.165, 1.54) is 6.33 Å². The van der Waals surface area contributed by atoms with Crippen LogP contribution >= 0.6 is 0 Å².